The Bertz CT molecular complexity index is 425. The molecule has 104 valence electrons. The predicted octanol–water partition coefficient (Wildman–Crippen LogP) is 0.651. The van der Waals surface area contributed by atoms with Gasteiger partial charge in [-0.25, -0.2) is 9.97 Å². The molecule has 1 fully saturated rings. The van der Waals surface area contributed by atoms with E-state index in [2.05, 4.69) is 28.7 Å². The Morgan fingerprint density at radius 2 is 1.79 bits per heavy atom. The van der Waals surface area contributed by atoms with Gasteiger partial charge in [-0.05, 0) is 13.8 Å². The number of rotatable bonds is 3. The zero-order chi connectivity index (χ0) is 13.8. The van der Waals surface area contributed by atoms with Crippen LogP contribution in [0.3, 0.4) is 0 Å². The molecule has 1 aliphatic rings. The lowest BCUT2D eigenvalue weighted by Gasteiger charge is -2.36. The van der Waals surface area contributed by atoms with Crippen LogP contribution in [0.1, 0.15) is 24.2 Å². The van der Waals surface area contributed by atoms with Crippen LogP contribution in [0.15, 0.2) is 12.4 Å². The fourth-order valence-corrected chi connectivity index (χ4v) is 2.16. The summed E-state index contributed by atoms with van der Waals surface area (Å²) in [6.07, 6.45) is 3.03. The van der Waals surface area contributed by atoms with E-state index >= 15 is 0 Å². The summed E-state index contributed by atoms with van der Waals surface area (Å²) in [7, 11) is 1.50. The van der Waals surface area contributed by atoms with Crippen LogP contribution < -0.4 is 4.74 Å². The quantitative estimate of drug-likeness (QED) is 0.802. The monoisotopic (exact) mass is 264 g/mol. The summed E-state index contributed by atoms with van der Waals surface area (Å²) in [6, 6.07) is 0.808. The van der Waals surface area contributed by atoms with Gasteiger partial charge in [0.25, 0.3) is 5.91 Å². The highest BCUT2D eigenvalue weighted by Gasteiger charge is 2.23. The molecule has 1 aliphatic heterocycles. The highest BCUT2D eigenvalue weighted by Crippen LogP contribution is 2.10. The average molecular weight is 264 g/mol. The minimum absolute atomic E-state index is 0.00828. The van der Waals surface area contributed by atoms with Crippen molar-refractivity contribution in [3.8, 4) is 6.01 Å². The second-order valence-electron chi connectivity index (χ2n) is 4.88. The fourth-order valence-electron chi connectivity index (χ4n) is 2.16. The van der Waals surface area contributed by atoms with Gasteiger partial charge in [0.2, 0.25) is 0 Å². The second-order valence-corrected chi connectivity index (χ2v) is 4.88. The van der Waals surface area contributed by atoms with Gasteiger partial charge in [0, 0.05) is 44.6 Å². The molecule has 19 heavy (non-hydrogen) atoms. The summed E-state index contributed by atoms with van der Waals surface area (Å²) in [6.45, 7) is 7.69. The van der Waals surface area contributed by atoms with Gasteiger partial charge in [-0.2, -0.15) is 0 Å². The van der Waals surface area contributed by atoms with Gasteiger partial charge in [-0.1, -0.05) is 0 Å². The summed E-state index contributed by atoms with van der Waals surface area (Å²) in [4.78, 5) is 24.4. The Morgan fingerprint density at radius 3 is 2.26 bits per heavy atom. The van der Waals surface area contributed by atoms with E-state index in [0.717, 1.165) is 26.2 Å². The lowest BCUT2D eigenvalue weighted by molar-refractivity contribution is 0.0594. The molecule has 1 saturated heterocycles. The fraction of sp³-hybridized carbons (Fsp3) is 0.615. The number of piperazine rings is 1. The molecule has 1 aromatic rings. The summed E-state index contributed by atoms with van der Waals surface area (Å²) >= 11 is 0. The maximum Gasteiger partial charge on any atom is 0.316 e. The highest BCUT2D eigenvalue weighted by atomic mass is 16.5. The van der Waals surface area contributed by atoms with Gasteiger partial charge in [-0.15, -0.1) is 0 Å². The van der Waals surface area contributed by atoms with Crippen molar-refractivity contribution in [3.63, 3.8) is 0 Å². The minimum Gasteiger partial charge on any atom is -0.467 e. The number of ether oxygens (including phenoxy) is 1. The van der Waals surface area contributed by atoms with Crippen molar-refractivity contribution in [3.05, 3.63) is 18.0 Å². The molecule has 0 spiro atoms. The van der Waals surface area contributed by atoms with Crippen molar-refractivity contribution >= 4 is 5.91 Å². The molecule has 0 aromatic carbocycles. The topological polar surface area (TPSA) is 58.6 Å². The number of nitrogens with zero attached hydrogens (tertiary/aromatic N) is 4. The molecule has 6 nitrogen and oxygen atoms in total. The van der Waals surface area contributed by atoms with E-state index in [1.54, 1.807) is 0 Å². The molecule has 0 unspecified atom stereocenters. The Balaban J connectivity index is 1.97. The van der Waals surface area contributed by atoms with Crippen LogP contribution in [-0.2, 0) is 0 Å². The predicted molar refractivity (Wildman–Crippen MR) is 71.2 cm³/mol. The summed E-state index contributed by atoms with van der Waals surface area (Å²) in [5.74, 6) is -0.00828. The zero-order valence-electron chi connectivity index (χ0n) is 11.7. The van der Waals surface area contributed by atoms with Crippen LogP contribution >= 0.6 is 0 Å². The van der Waals surface area contributed by atoms with Gasteiger partial charge in [0.05, 0.1) is 12.7 Å². The Kier molecular flexibility index (Phi) is 4.31. The van der Waals surface area contributed by atoms with Crippen molar-refractivity contribution in [1.82, 2.24) is 19.8 Å². The van der Waals surface area contributed by atoms with E-state index < -0.39 is 0 Å². The molecule has 0 saturated carbocycles. The number of aromatic nitrogens is 2. The Morgan fingerprint density at radius 1 is 1.21 bits per heavy atom. The van der Waals surface area contributed by atoms with E-state index in [1.165, 1.54) is 19.5 Å². The van der Waals surface area contributed by atoms with Gasteiger partial charge in [-0.3, -0.25) is 9.69 Å². The summed E-state index contributed by atoms with van der Waals surface area (Å²) in [5, 5.41) is 0. The Hall–Kier alpha value is -1.69. The number of carbonyl (C=O) groups is 1. The number of carbonyl (C=O) groups excluding carboxylic acids is 1. The lowest BCUT2D eigenvalue weighted by Crippen LogP contribution is -2.50. The first kappa shape index (κ1) is 13.7. The third kappa shape index (κ3) is 3.20. The molecule has 2 heterocycles. The molecule has 0 atom stereocenters. The van der Waals surface area contributed by atoms with Gasteiger partial charge < -0.3 is 9.64 Å². The molecule has 0 bridgehead atoms. The number of hydrogen-bond donors (Lipinski definition) is 0. The van der Waals surface area contributed by atoms with Crippen molar-refractivity contribution < 1.29 is 9.53 Å². The third-order valence-corrected chi connectivity index (χ3v) is 3.39. The largest absolute Gasteiger partial charge is 0.467 e. The van der Waals surface area contributed by atoms with E-state index in [0.29, 0.717) is 11.6 Å². The van der Waals surface area contributed by atoms with Crippen molar-refractivity contribution in [2.75, 3.05) is 33.3 Å². The Labute approximate surface area is 113 Å². The van der Waals surface area contributed by atoms with Gasteiger partial charge in [0.1, 0.15) is 0 Å². The van der Waals surface area contributed by atoms with Crippen LogP contribution in [0, 0.1) is 0 Å². The molecule has 1 aromatic heterocycles. The molecule has 6 heteroatoms. The van der Waals surface area contributed by atoms with Crippen LogP contribution in [0.2, 0.25) is 0 Å². The van der Waals surface area contributed by atoms with E-state index in [9.17, 15) is 4.79 Å². The lowest BCUT2D eigenvalue weighted by atomic mass is 10.2. The molecule has 0 N–H and O–H groups in total. The molecule has 1 amide bonds. The minimum atomic E-state index is -0.00828. The van der Waals surface area contributed by atoms with Gasteiger partial charge in [0.15, 0.2) is 0 Å². The van der Waals surface area contributed by atoms with E-state index in [4.69, 9.17) is 4.74 Å². The second kappa shape index (κ2) is 5.97. The first-order valence-corrected chi connectivity index (χ1v) is 6.51. The van der Waals surface area contributed by atoms with Crippen LogP contribution in [0.5, 0.6) is 6.01 Å². The van der Waals surface area contributed by atoms with Crippen molar-refractivity contribution in [1.29, 1.82) is 0 Å². The third-order valence-electron chi connectivity index (χ3n) is 3.39. The van der Waals surface area contributed by atoms with Crippen LogP contribution in [0.4, 0.5) is 0 Å². The van der Waals surface area contributed by atoms with Crippen molar-refractivity contribution in [2.24, 2.45) is 0 Å². The highest BCUT2D eigenvalue weighted by molar-refractivity contribution is 5.93. The van der Waals surface area contributed by atoms with E-state index in [-0.39, 0.29) is 11.9 Å². The number of methoxy groups -OCH3 is 1. The molecule has 0 radical (unpaired) electrons. The molecular weight excluding hydrogens is 244 g/mol. The van der Waals surface area contributed by atoms with Crippen molar-refractivity contribution in [2.45, 2.75) is 19.9 Å². The summed E-state index contributed by atoms with van der Waals surface area (Å²) < 4.78 is 4.88. The smallest absolute Gasteiger partial charge is 0.316 e. The van der Waals surface area contributed by atoms with Crippen LogP contribution in [0.25, 0.3) is 0 Å². The van der Waals surface area contributed by atoms with Gasteiger partial charge >= 0.3 is 6.01 Å². The first-order chi connectivity index (χ1) is 9.11. The number of hydrogen-bond acceptors (Lipinski definition) is 5. The maximum atomic E-state index is 12.3. The van der Waals surface area contributed by atoms with Crippen LogP contribution in [-0.4, -0.2) is 65.0 Å². The normalized spacial score (nSPS) is 16.7. The molecule has 0 aliphatic carbocycles. The summed E-state index contributed by atoms with van der Waals surface area (Å²) in [5.41, 5.74) is 0.513. The molecule has 2 rings (SSSR count). The maximum absolute atomic E-state index is 12.3. The number of amides is 1. The first-order valence-electron chi connectivity index (χ1n) is 6.51. The van der Waals surface area contributed by atoms with E-state index in [1.807, 2.05) is 4.90 Å². The standard InChI is InChI=1S/C13H20N4O2/c1-10(2)16-4-6-17(7-5-16)12(18)11-8-14-13(19-3)15-9-11/h8-10H,4-7H2,1-3H3. The molecular formula is C13H20N4O2. The average Bonchev–Trinajstić information content (AvgIpc) is 2.46. The SMILES string of the molecule is COc1ncc(C(=O)N2CCN(C(C)C)CC2)cn1. The zero-order valence-corrected chi connectivity index (χ0v) is 11.7.